The van der Waals surface area contributed by atoms with E-state index in [2.05, 4.69) is 71.2 Å². The molecule has 0 spiro atoms. The lowest BCUT2D eigenvalue weighted by Crippen LogP contribution is -2.43. The Morgan fingerprint density at radius 3 is 2.60 bits per heavy atom. The van der Waals surface area contributed by atoms with Crippen molar-refractivity contribution in [3.63, 3.8) is 0 Å². The average molecular weight is 404 g/mol. The van der Waals surface area contributed by atoms with E-state index in [0.717, 1.165) is 31.1 Å². The van der Waals surface area contributed by atoms with Crippen molar-refractivity contribution in [2.24, 2.45) is 5.92 Å². The third-order valence-corrected chi connectivity index (χ3v) is 7.13. The van der Waals surface area contributed by atoms with Crippen molar-refractivity contribution in [2.75, 3.05) is 27.2 Å². The highest BCUT2D eigenvalue weighted by Gasteiger charge is 2.38. The number of aromatic nitrogens is 1. The minimum Gasteiger partial charge on any atom is -0.497 e. The van der Waals surface area contributed by atoms with Gasteiger partial charge in [-0.1, -0.05) is 30.3 Å². The zero-order valence-electron chi connectivity index (χ0n) is 18.1. The van der Waals surface area contributed by atoms with Crippen molar-refractivity contribution in [1.29, 1.82) is 0 Å². The number of methoxy groups -OCH3 is 1. The van der Waals surface area contributed by atoms with E-state index in [4.69, 9.17) is 4.74 Å². The van der Waals surface area contributed by atoms with Gasteiger partial charge in [0.1, 0.15) is 5.75 Å². The van der Waals surface area contributed by atoms with Gasteiger partial charge in [0.15, 0.2) is 0 Å². The fraction of sp³-hybridized carbons (Fsp3) is 0.462. The van der Waals surface area contributed by atoms with Crippen molar-refractivity contribution in [1.82, 2.24) is 15.6 Å². The highest BCUT2D eigenvalue weighted by Crippen LogP contribution is 2.45. The molecule has 2 aromatic carbocycles. The molecule has 1 aromatic heterocycles. The molecule has 0 saturated heterocycles. The summed E-state index contributed by atoms with van der Waals surface area (Å²) in [5.41, 5.74) is 5.60. The maximum atomic E-state index is 5.39. The number of H-pyrrole nitrogens is 1. The molecule has 3 N–H and O–H groups in total. The van der Waals surface area contributed by atoms with Crippen LogP contribution in [0.15, 0.2) is 48.5 Å². The number of para-hydroxylation sites is 1. The number of fused-ring (bicyclic) bond motifs is 3. The molecule has 3 aromatic rings. The Balaban J connectivity index is 1.49. The maximum absolute atomic E-state index is 5.39. The Hall–Kier alpha value is -2.30. The van der Waals surface area contributed by atoms with Gasteiger partial charge in [-0.05, 0) is 81.1 Å². The van der Waals surface area contributed by atoms with Crippen molar-refractivity contribution < 1.29 is 4.74 Å². The van der Waals surface area contributed by atoms with E-state index in [9.17, 15) is 0 Å². The Bertz CT molecular complexity index is 989. The zero-order chi connectivity index (χ0) is 20.5. The number of hydrogen-bond donors (Lipinski definition) is 3. The standard InChI is InChI=1S/C26H33N3O/c1-27-26-21(13-14-28-16-17-7-8-17)25-20-5-3-4-6-23(20)29-24(25)15-22(26)18-9-11-19(30-2)12-10-18/h3-6,9-12,17,21-22,26-29H,7-8,13-16H2,1-2H3/t21-,22-,26+/m1/s1. The molecule has 1 heterocycles. The minimum absolute atomic E-state index is 0.410. The van der Waals surface area contributed by atoms with Crippen molar-refractivity contribution in [2.45, 2.75) is 43.6 Å². The smallest absolute Gasteiger partial charge is 0.118 e. The summed E-state index contributed by atoms with van der Waals surface area (Å²) in [4.78, 5) is 3.76. The number of hydrogen-bond acceptors (Lipinski definition) is 3. The second-order valence-corrected chi connectivity index (χ2v) is 9.00. The molecular weight excluding hydrogens is 370 g/mol. The fourth-order valence-corrected chi connectivity index (χ4v) is 5.40. The number of nitrogens with one attached hydrogen (secondary N) is 3. The van der Waals surface area contributed by atoms with Gasteiger partial charge in [0, 0.05) is 34.5 Å². The SMILES string of the molecule is CN[C@@H]1[C@@H](c2ccc(OC)cc2)Cc2[nH]c3ccccc3c2[C@H]1CCNCC1CC1. The largest absolute Gasteiger partial charge is 0.497 e. The van der Waals surface area contributed by atoms with E-state index in [0.29, 0.717) is 17.9 Å². The van der Waals surface area contributed by atoms with Crippen LogP contribution in [0.1, 0.15) is 47.9 Å². The molecule has 0 radical (unpaired) electrons. The molecular formula is C26H33N3O. The molecule has 1 saturated carbocycles. The van der Waals surface area contributed by atoms with Gasteiger partial charge in [-0.15, -0.1) is 0 Å². The Kier molecular flexibility index (Phi) is 5.53. The number of benzene rings is 2. The van der Waals surface area contributed by atoms with E-state index in [1.165, 1.54) is 47.1 Å². The van der Waals surface area contributed by atoms with Gasteiger partial charge in [-0.25, -0.2) is 0 Å². The van der Waals surface area contributed by atoms with E-state index in [1.807, 2.05) is 0 Å². The summed E-state index contributed by atoms with van der Waals surface area (Å²) in [6.07, 6.45) is 5.00. The topological polar surface area (TPSA) is 49.1 Å². The highest BCUT2D eigenvalue weighted by molar-refractivity contribution is 5.85. The second kappa shape index (κ2) is 8.44. The Labute approximate surface area is 179 Å². The third-order valence-electron chi connectivity index (χ3n) is 7.13. The molecule has 1 fully saturated rings. The lowest BCUT2D eigenvalue weighted by Gasteiger charge is -2.39. The number of likely N-dealkylation sites (N-methyl/N-ethyl adjacent to an activating group) is 1. The van der Waals surface area contributed by atoms with E-state index in [1.54, 1.807) is 7.11 Å². The average Bonchev–Trinajstić information content (AvgIpc) is 3.54. The monoisotopic (exact) mass is 403 g/mol. The molecule has 3 atom stereocenters. The van der Waals surface area contributed by atoms with Crippen LogP contribution in [0.25, 0.3) is 10.9 Å². The van der Waals surface area contributed by atoms with Gasteiger partial charge in [0.05, 0.1) is 7.11 Å². The summed E-state index contributed by atoms with van der Waals surface area (Å²) >= 11 is 0. The predicted molar refractivity (Wildman–Crippen MR) is 124 cm³/mol. The summed E-state index contributed by atoms with van der Waals surface area (Å²) in [6.45, 7) is 2.26. The molecule has 4 nitrogen and oxygen atoms in total. The Morgan fingerprint density at radius 2 is 1.87 bits per heavy atom. The van der Waals surface area contributed by atoms with Crippen LogP contribution in [0.2, 0.25) is 0 Å². The summed E-state index contributed by atoms with van der Waals surface area (Å²) in [6, 6.07) is 17.9. The van der Waals surface area contributed by atoms with Crippen LogP contribution in [0.3, 0.4) is 0 Å². The van der Waals surface area contributed by atoms with Gasteiger partial charge < -0.3 is 20.4 Å². The first kappa shape index (κ1) is 19.7. The van der Waals surface area contributed by atoms with E-state index >= 15 is 0 Å². The molecule has 4 heteroatoms. The number of aromatic amines is 1. The first-order valence-corrected chi connectivity index (χ1v) is 11.4. The lowest BCUT2D eigenvalue weighted by atomic mass is 9.71. The van der Waals surface area contributed by atoms with Crippen LogP contribution in [0.5, 0.6) is 5.75 Å². The van der Waals surface area contributed by atoms with Gasteiger partial charge in [0.25, 0.3) is 0 Å². The lowest BCUT2D eigenvalue weighted by molar-refractivity contribution is 0.346. The molecule has 0 amide bonds. The first-order chi connectivity index (χ1) is 14.8. The summed E-state index contributed by atoms with van der Waals surface area (Å²) in [7, 11) is 3.86. The van der Waals surface area contributed by atoms with Gasteiger partial charge in [0.2, 0.25) is 0 Å². The normalized spacial score (nSPS) is 23.5. The fourth-order valence-electron chi connectivity index (χ4n) is 5.40. The van der Waals surface area contributed by atoms with Crippen LogP contribution < -0.4 is 15.4 Å². The van der Waals surface area contributed by atoms with Gasteiger partial charge in [-0.3, -0.25) is 0 Å². The predicted octanol–water partition coefficient (Wildman–Crippen LogP) is 4.58. The number of rotatable bonds is 8. The highest BCUT2D eigenvalue weighted by atomic mass is 16.5. The molecule has 0 bridgehead atoms. The summed E-state index contributed by atoms with van der Waals surface area (Å²) in [5, 5.41) is 8.84. The quantitative estimate of drug-likeness (QED) is 0.483. The van der Waals surface area contributed by atoms with Crippen LogP contribution in [0.4, 0.5) is 0 Å². The van der Waals surface area contributed by atoms with Gasteiger partial charge >= 0.3 is 0 Å². The minimum atomic E-state index is 0.410. The number of ether oxygens (including phenoxy) is 1. The van der Waals surface area contributed by atoms with E-state index < -0.39 is 0 Å². The zero-order valence-corrected chi connectivity index (χ0v) is 18.1. The van der Waals surface area contributed by atoms with Crippen molar-refractivity contribution >= 4 is 10.9 Å². The van der Waals surface area contributed by atoms with E-state index in [-0.39, 0.29) is 0 Å². The molecule has 158 valence electrons. The van der Waals surface area contributed by atoms with Crippen LogP contribution >= 0.6 is 0 Å². The maximum Gasteiger partial charge on any atom is 0.118 e. The first-order valence-electron chi connectivity index (χ1n) is 11.4. The Morgan fingerprint density at radius 1 is 1.07 bits per heavy atom. The molecule has 2 aliphatic carbocycles. The van der Waals surface area contributed by atoms with Crippen molar-refractivity contribution in [3.05, 3.63) is 65.4 Å². The molecule has 0 aliphatic heterocycles. The molecule has 5 rings (SSSR count). The summed E-state index contributed by atoms with van der Waals surface area (Å²) in [5.74, 6) is 2.76. The van der Waals surface area contributed by atoms with Gasteiger partial charge in [-0.2, -0.15) is 0 Å². The van der Waals surface area contributed by atoms with Crippen molar-refractivity contribution in [3.8, 4) is 5.75 Å². The van der Waals surface area contributed by atoms with Crippen LogP contribution in [-0.2, 0) is 6.42 Å². The van der Waals surface area contributed by atoms with Crippen LogP contribution in [0, 0.1) is 5.92 Å². The molecule has 2 aliphatic rings. The summed E-state index contributed by atoms with van der Waals surface area (Å²) < 4.78 is 5.39. The second-order valence-electron chi connectivity index (χ2n) is 9.00. The molecule has 0 unspecified atom stereocenters. The molecule has 30 heavy (non-hydrogen) atoms. The van der Waals surface area contributed by atoms with Crippen LogP contribution in [-0.4, -0.2) is 38.3 Å². The third kappa shape index (κ3) is 3.75.